The molecular formula is C13H20O. The minimum Gasteiger partial charge on any atom is -0.384 e. The summed E-state index contributed by atoms with van der Waals surface area (Å²) in [7, 11) is 1.77. The lowest BCUT2D eigenvalue weighted by Crippen LogP contribution is -2.22. The second-order valence-corrected chi connectivity index (χ2v) is 4.78. The second kappa shape index (κ2) is 4.61. The van der Waals surface area contributed by atoms with Crippen LogP contribution < -0.4 is 0 Å². The maximum Gasteiger partial charge on any atom is 0.0535 e. The van der Waals surface area contributed by atoms with Crippen LogP contribution >= 0.6 is 0 Å². The molecule has 1 unspecified atom stereocenters. The van der Waals surface area contributed by atoms with Crippen LogP contribution in [0.15, 0.2) is 30.3 Å². The van der Waals surface area contributed by atoms with Gasteiger partial charge in [-0.3, -0.25) is 0 Å². The smallest absolute Gasteiger partial charge is 0.0535 e. The number of hydrogen-bond acceptors (Lipinski definition) is 1. The van der Waals surface area contributed by atoms with Gasteiger partial charge in [0.2, 0.25) is 0 Å². The minimum atomic E-state index is 0.247. The van der Waals surface area contributed by atoms with Crippen molar-refractivity contribution in [2.24, 2.45) is 5.41 Å². The summed E-state index contributed by atoms with van der Waals surface area (Å²) in [6.07, 6.45) is 0. The maximum absolute atomic E-state index is 5.28. The van der Waals surface area contributed by atoms with Crippen molar-refractivity contribution < 1.29 is 4.74 Å². The molecule has 0 amide bonds. The van der Waals surface area contributed by atoms with E-state index in [0.717, 1.165) is 6.61 Å². The van der Waals surface area contributed by atoms with Crippen molar-refractivity contribution >= 4 is 0 Å². The lowest BCUT2D eigenvalue weighted by molar-refractivity contribution is 0.132. The summed E-state index contributed by atoms with van der Waals surface area (Å²) in [5.74, 6) is 0.466. The van der Waals surface area contributed by atoms with Gasteiger partial charge in [-0.25, -0.2) is 0 Å². The van der Waals surface area contributed by atoms with Crippen molar-refractivity contribution in [2.75, 3.05) is 13.7 Å². The molecule has 0 spiro atoms. The Balaban J connectivity index is 2.89. The van der Waals surface area contributed by atoms with Gasteiger partial charge in [0.1, 0.15) is 0 Å². The number of benzene rings is 1. The van der Waals surface area contributed by atoms with Crippen LogP contribution in [0.1, 0.15) is 32.3 Å². The Morgan fingerprint density at radius 3 is 2.14 bits per heavy atom. The summed E-state index contributed by atoms with van der Waals surface area (Å²) in [6, 6.07) is 10.6. The van der Waals surface area contributed by atoms with E-state index in [1.165, 1.54) is 5.56 Å². The molecule has 0 aromatic heterocycles. The third-order valence-electron chi connectivity index (χ3n) is 2.58. The Labute approximate surface area is 87.1 Å². The van der Waals surface area contributed by atoms with Gasteiger partial charge in [0.25, 0.3) is 0 Å². The molecule has 1 aromatic rings. The zero-order valence-corrected chi connectivity index (χ0v) is 9.58. The van der Waals surface area contributed by atoms with Crippen molar-refractivity contribution in [3.05, 3.63) is 35.9 Å². The van der Waals surface area contributed by atoms with E-state index >= 15 is 0 Å². The third kappa shape index (κ3) is 2.85. The highest BCUT2D eigenvalue weighted by atomic mass is 16.5. The van der Waals surface area contributed by atoms with Crippen LogP contribution in [-0.2, 0) is 4.74 Å². The largest absolute Gasteiger partial charge is 0.384 e. The molecule has 14 heavy (non-hydrogen) atoms. The Morgan fingerprint density at radius 1 is 1.14 bits per heavy atom. The fraction of sp³-hybridized carbons (Fsp3) is 0.538. The summed E-state index contributed by atoms with van der Waals surface area (Å²) in [5.41, 5.74) is 1.61. The Kier molecular flexibility index (Phi) is 3.70. The molecule has 1 rings (SSSR count). The summed E-state index contributed by atoms with van der Waals surface area (Å²) in [6.45, 7) is 7.55. The lowest BCUT2D eigenvalue weighted by Gasteiger charge is -2.30. The van der Waals surface area contributed by atoms with Gasteiger partial charge in [-0.1, -0.05) is 51.1 Å². The minimum absolute atomic E-state index is 0.247. The molecule has 0 bridgehead atoms. The molecule has 0 aliphatic carbocycles. The van der Waals surface area contributed by atoms with Crippen molar-refractivity contribution in [2.45, 2.75) is 26.7 Å². The first kappa shape index (κ1) is 11.3. The van der Waals surface area contributed by atoms with Gasteiger partial charge >= 0.3 is 0 Å². The molecule has 0 radical (unpaired) electrons. The molecule has 0 heterocycles. The van der Waals surface area contributed by atoms with Crippen LogP contribution in [0.25, 0.3) is 0 Å². The molecule has 1 heteroatoms. The molecule has 0 fully saturated rings. The molecule has 0 N–H and O–H groups in total. The first-order chi connectivity index (χ1) is 6.55. The van der Waals surface area contributed by atoms with Crippen LogP contribution in [0, 0.1) is 5.41 Å². The van der Waals surface area contributed by atoms with E-state index in [0.29, 0.717) is 5.92 Å². The van der Waals surface area contributed by atoms with Gasteiger partial charge in [-0.2, -0.15) is 0 Å². The van der Waals surface area contributed by atoms with Gasteiger partial charge in [0, 0.05) is 13.0 Å². The molecule has 1 aromatic carbocycles. The zero-order chi connectivity index (χ0) is 10.6. The van der Waals surface area contributed by atoms with Crippen LogP contribution in [0.4, 0.5) is 0 Å². The lowest BCUT2D eigenvalue weighted by atomic mass is 9.77. The highest BCUT2D eigenvalue weighted by Crippen LogP contribution is 2.34. The highest BCUT2D eigenvalue weighted by Gasteiger charge is 2.25. The molecule has 0 saturated carbocycles. The molecule has 1 nitrogen and oxygen atoms in total. The average Bonchev–Trinajstić information content (AvgIpc) is 2.14. The highest BCUT2D eigenvalue weighted by molar-refractivity contribution is 5.21. The van der Waals surface area contributed by atoms with E-state index in [-0.39, 0.29) is 5.41 Å². The summed E-state index contributed by atoms with van der Waals surface area (Å²) >= 11 is 0. The van der Waals surface area contributed by atoms with Gasteiger partial charge in [-0.15, -0.1) is 0 Å². The molecule has 0 aliphatic heterocycles. The fourth-order valence-corrected chi connectivity index (χ4v) is 1.70. The number of rotatable bonds is 3. The van der Waals surface area contributed by atoms with E-state index in [9.17, 15) is 0 Å². The molecular weight excluding hydrogens is 172 g/mol. The monoisotopic (exact) mass is 192 g/mol. The van der Waals surface area contributed by atoms with Gasteiger partial charge < -0.3 is 4.74 Å². The first-order valence-electron chi connectivity index (χ1n) is 5.09. The maximum atomic E-state index is 5.28. The van der Waals surface area contributed by atoms with Crippen LogP contribution in [0.5, 0.6) is 0 Å². The van der Waals surface area contributed by atoms with Gasteiger partial charge in [-0.05, 0) is 11.0 Å². The van der Waals surface area contributed by atoms with Crippen molar-refractivity contribution in [3.8, 4) is 0 Å². The van der Waals surface area contributed by atoms with E-state index in [4.69, 9.17) is 4.74 Å². The quantitative estimate of drug-likeness (QED) is 0.712. The van der Waals surface area contributed by atoms with Crippen molar-refractivity contribution in [3.63, 3.8) is 0 Å². The topological polar surface area (TPSA) is 9.23 Å². The summed E-state index contributed by atoms with van der Waals surface area (Å²) < 4.78 is 5.28. The number of methoxy groups -OCH3 is 1. The number of ether oxygens (including phenoxy) is 1. The van der Waals surface area contributed by atoms with Crippen molar-refractivity contribution in [1.82, 2.24) is 0 Å². The Bertz CT molecular complexity index is 258. The summed E-state index contributed by atoms with van der Waals surface area (Å²) in [4.78, 5) is 0. The van der Waals surface area contributed by atoms with Gasteiger partial charge in [0.05, 0.1) is 6.61 Å². The SMILES string of the molecule is COCC(c1ccccc1)C(C)(C)C. The molecule has 1 atom stereocenters. The van der Waals surface area contributed by atoms with Crippen molar-refractivity contribution in [1.29, 1.82) is 0 Å². The molecule has 0 aliphatic rings. The third-order valence-corrected chi connectivity index (χ3v) is 2.58. The predicted octanol–water partition coefficient (Wildman–Crippen LogP) is 3.46. The standard InChI is InChI=1S/C13H20O/c1-13(2,3)12(10-14-4)11-8-6-5-7-9-11/h5-9,12H,10H2,1-4H3. The van der Waals surface area contributed by atoms with E-state index in [1.54, 1.807) is 7.11 Å². The Morgan fingerprint density at radius 2 is 1.71 bits per heavy atom. The second-order valence-electron chi connectivity index (χ2n) is 4.78. The summed E-state index contributed by atoms with van der Waals surface area (Å²) in [5, 5.41) is 0. The van der Waals surface area contributed by atoms with E-state index < -0.39 is 0 Å². The van der Waals surface area contributed by atoms with Gasteiger partial charge in [0.15, 0.2) is 0 Å². The molecule has 0 saturated heterocycles. The fourth-order valence-electron chi connectivity index (χ4n) is 1.70. The zero-order valence-electron chi connectivity index (χ0n) is 9.58. The van der Waals surface area contributed by atoms with Crippen LogP contribution in [0.2, 0.25) is 0 Å². The normalized spacial score (nSPS) is 14.0. The van der Waals surface area contributed by atoms with E-state index in [2.05, 4.69) is 51.1 Å². The number of hydrogen-bond donors (Lipinski definition) is 0. The van der Waals surface area contributed by atoms with E-state index in [1.807, 2.05) is 0 Å². The first-order valence-corrected chi connectivity index (χ1v) is 5.09. The van der Waals surface area contributed by atoms with Crippen LogP contribution in [0.3, 0.4) is 0 Å². The predicted molar refractivity (Wildman–Crippen MR) is 60.5 cm³/mol. The average molecular weight is 192 g/mol. The molecule has 78 valence electrons. The van der Waals surface area contributed by atoms with Crippen LogP contribution in [-0.4, -0.2) is 13.7 Å². The Hall–Kier alpha value is -0.820.